The summed E-state index contributed by atoms with van der Waals surface area (Å²) in [5, 5.41) is 4.12. The summed E-state index contributed by atoms with van der Waals surface area (Å²) in [7, 11) is 0. The molecule has 3 nitrogen and oxygen atoms in total. The van der Waals surface area contributed by atoms with E-state index in [0.717, 1.165) is 30.2 Å². The fourth-order valence-electron chi connectivity index (χ4n) is 2.64. The molecule has 4 heteroatoms. The van der Waals surface area contributed by atoms with E-state index < -0.39 is 0 Å². The van der Waals surface area contributed by atoms with Gasteiger partial charge >= 0.3 is 0 Å². The first-order chi connectivity index (χ1) is 12.7. The molecule has 0 amide bonds. The van der Waals surface area contributed by atoms with Gasteiger partial charge in [-0.25, -0.2) is 0 Å². The molecule has 0 spiro atoms. The lowest BCUT2D eigenvalue weighted by molar-refractivity contribution is 0.234. The van der Waals surface area contributed by atoms with Crippen molar-refractivity contribution in [1.82, 2.24) is 0 Å². The third-order valence-electron chi connectivity index (χ3n) is 4.10. The maximum Gasteiger partial charge on any atom is 0.121 e. The number of nitrogens with one attached hydrogen (secondary N) is 1. The Hall–Kier alpha value is -1.87. The van der Waals surface area contributed by atoms with Crippen molar-refractivity contribution in [1.29, 1.82) is 0 Å². The molecule has 0 aliphatic rings. The second-order valence-electron chi connectivity index (χ2n) is 6.55. The van der Waals surface area contributed by atoms with Crippen molar-refractivity contribution in [3.8, 4) is 11.5 Å². The molecule has 0 bridgehead atoms. The zero-order valence-corrected chi connectivity index (χ0v) is 16.6. The Labute approximate surface area is 162 Å². The van der Waals surface area contributed by atoms with Gasteiger partial charge in [-0.15, -0.1) is 0 Å². The van der Waals surface area contributed by atoms with E-state index in [-0.39, 0.29) is 6.10 Å². The minimum Gasteiger partial charge on any atom is -0.494 e. The third-order valence-corrected chi connectivity index (χ3v) is 4.35. The van der Waals surface area contributed by atoms with Crippen LogP contribution in [0.5, 0.6) is 11.5 Å². The Morgan fingerprint density at radius 3 is 2.50 bits per heavy atom. The lowest BCUT2D eigenvalue weighted by Crippen LogP contribution is -2.22. The zero-order chi connectivity index (χ0) is 18.6. The number of anilines is 1. The van der Waals surface area contributed by atoms with Crippen LogP contribution in [-0.2, 0) is 0 Å². The Kier molecular flexibility index (Phi) is 9.19. The van der Waals surface area contributed by atoms with Crippen LogP contribution >= 0.6 is 11.6 Å². The smallest absolute Gasteiger partial charge is 0.121 e. The molecule has 26 heavy (non-hydrogen) atoms. The maximum atomic E-state index is 5.89. The fraction of sp³-hybridized carbons (Fsp3) is 0.455. The normalized spacial score (nSPS) is 11.8. The summed E-state index contributed by atoms with van der Waals surface area (Å²) in [4.78, 5) is 0. The Bertz CT molecular complexity index is 630. The molecule has 142 valence electrons. The number of hydrogen-bond acceptors (Lipinski definition) is 3. The van der Waals surface area contributed by atoms with E-state index in [1.54, 1.807) is 0 Å². The third kappa shape index (κ3) is 8.01. The highest BCUT2D eigenvalue weighted by atomic mass is 35.5. The largest absolute Gasteiger partial charge is 0.494 e. The lowest BCUT2D eigenvalue weighted by atomic mass is 10.2. The topological polar surface area (TPSA) is 30.5 Å². The van der Waals surface area contributed by atoms with E-state index >= 15 is 0 Å². The molecule has 1 atom stereocenters. The van der Waals surface area contributed by atoms with E-state index in [1.165, 1.54) is 25.7 Å². The van der Waals surface area contributed by atoms with Crippen molar-refractivity contribution >= 4 is 17.3 Å². The standard InChI is InChI=1S/C22H30ClNO2/c1-3-4-5-6-7-15-25-22-10-8-9-20(16-22)24-17-18(2)26-21-13-11-19(23)12-14-21/h8-14,16,18,24H,3-7,15,17H2,1-2H3. The second-order valence-corrected chi connectivity index (χ2v) is 6.99. The summed E-state index contributed by atoms with van der Waals surface area (Å²) < 4.78 is 11.7. The van der Waals surface area contributed by atoms with Crippen molar-refractivity contribution in [2.75, 3.05) is 18.5 Å². The molecule has 0 aliphatic carbocycles. The number of hydrogen-bond donors (Lipinski definition) is 1. The summed E-state index contributed by atoms with van der Waals surface area (Å²) in [6.45, 7) is 5.76. The highest BCUT2D eigenvalue weighted by Crippen LogP contribution is 2.19. The fourth-order valence-corrected chi connectivity index (χ4v) is 2.77. The monoisotopic (exact) mass is 375 g/mol. The molecule has 0 fully saturated rings. The predicted molar refractivity (Wildman–Crippen MR) is 111 cm³/mol. The van der Waals surface area contributed by atoms with Gasteiger partial charge < -0.3 is 14.8 Å². The molecule has 0 saturated heterocycles. The van der Waals surface area contributed by atoms with Gasteiger partial charge in [0.1, 0.15) is 17.6 Å². The molecule has 0 heterocycles. The van der Waals surface area contributed by atoms with Crippen LogP contribution in [0.15, 0.2) is 48.5 Å². The molecule has 1 unspecified atom stereocenters. The molecule has 0 radical (unpaired) electrons. The lowest BCUT2D eigenvalue weighted by Gasteiger charge is -2.16. The highest BCUT2D eigenvalue weighted by Gasteiger charge is 2.05. The van der Waals surface area contributed by atoms with E-state index in [2.05, 4.69) is 12.2 Å². The first-order valence-corrected chi connectivity index (χ1v) is 9.94. The molecule has 2 aromatic rings. The van der Waals surface area contributed by atoms with Gasteiger partial charge in [-0.2, -0.15) is 0 Å². The first kappa shape index (κ1) is 20.4. The number of unbranched alkanes of at least 4 members (excludes halogenated alkanes) is 4. The molecule has 1 N–H and O–H groups in total. The Morgan fingerprint density at radius 2 is 1.73 bits per heavy atom. The van der Waals surface area contributed by atoms with Gasteiger partial charge in [0.05, 0.1) is 13.2 Å². The van der Waals surface area contributed by atoms with Gasteiger partial charge in [0, 0.05) is 16.8 Å². The number of rotatable bonds is 12. The van der Waals surface area contributed by atoms with Crippen LogP contribution in [-0.4, -0.2) is 19.3 Å². The summed E-state index contributed by atoms with van der Waals surface area (Å²) in [6, 6.07) is 15.5. The number of benzene rings is 2. The number of ether oxygens (including phenoxy) is 2. The van der Waals surface area contributed by atoms with E-state index in [1.807, 2.05) is 55.5 Å². The van der Waals surface area contributed by atoms with Gasteiger partial charge in [0.15, 0.2) is 0 Å². The first-order valence-electron chi connectivity index (χ1n) is 9.56. The van der Waals surface area contributed by atoms with Crippen LogP contribution in [0, 0.1) is 0 Å². The zero-order valence-electron chi connectivity index (χ0n) is 15.8. The van der Waals surface area contributed by atoms with E-state index in [0.29, 0.717) is 11.6 Å². The van der Waals surface area contributed by atoms with Crippen molar-refractivity contribution in [3.63, 3.8) is 0 Å². The minimum absolute atomic E-state index is 0.0410. The quantitative estimate of drug-likeness (QED) is 0.425. The molecular formula is C22H30ClNO2. The molecule has 0 aromatic heterocycles. The summed E-state index contributed by atoms with van der Waals surface area (Å²) in [5.74, 6) is 1.74. The van der Waals surface area contributed by atoms with Crippen LogP contribution in [0.4, 0.5) is 5.69 Å². The van der Waals surface area contributed by atoms with Gasteiger partial charge in [-0.05, 0) is 49.7 Å². The predicted octanol–water partition coefficient (Wildman–Crippen LogP) is 6.57. The summed E-state index contributed by atoms with van der Waals surface area (Å²) in [5.41, 5.74) is 1.04. The van der Waals surface area contributed by atoms with Crippen molar-refractivity contribution in [3.05, 3.63) is 53.6 Å². The highest BCUT2D eigenvalue weighted by molar-refractivity contribution is 6.30. The van der Waals surface area contributed by atoms with Crippen molar-refractivity contribution in [2.24, 2.45) is 0 Å². The second kappa shape index (κ2) is 11.7. The Morgan fingerprint density at radius 1 is 0.962 bits per heavy atom. The van der Waals surface area contributed by atoms with Gasteiger partial charge in [0.25, 0.3) is 0 Å². The molecule has 2 aromatic carbocycles. The van der Waals surface area contributed by atoms with E-state index in [9.17, 15) is 0 Å². The average Bonchev–Trinajstić information content (AvgIpc) is 2.65. The van der Waals surface area contributed by atoms with Gasteiger partial charge in [-0.3, -0.25) is 0 Å². The van der Waals surface area contributed by atoms with Crippen LogP contribution in [0.2, 0.25) is 5.02 Å². The van der Waals surface area contributed by atoms with Crippen LogP contribution in [0.3, 0.4) is 0 Å². The van der Waals surface area contributed by atoms with Gasteiger partial charge in [-0.1, -0.05) is 50.3 Å². The minimum atomic E-state index is 0.0410. The van der Waals surface area contributed by atoms with Crippen molar-refractivity contribution in [2.45, 2.75) is 52.1 Å². The Balaban J connectivity index is 1.71. The average molecular weight is 376 g/mol. The number of halogens is 1. The van der Waals surface area contributed by atoms with Gasteiger partial charge in [0.2, 0.25) is 0 Å². The SMILES string of the molecule is CCCCCCCOc1cccc(NCC(C)Oc2ccc(Cl)cc2)c1. The van der Waals surface area contributed by atoms with Crippen LogP contribution in [0.25, 0.3) is 0 Å². The summed E-state index contributed by atoms with van der Waals surface area (Å²) in [6.07, 6.45) is 6.28. The molecule has 0 saturated carbocycles. The van der Waals surface area contributed by atoms with E-state index in [4.69, 9.17) is 21.1 Å². The maximum absolute atomic E-state index is 5.89. The van der Waals surface area contributed by atoms with Crippen LogP contribution in [0.1, 0.15) is 46.0 Å². The molecule has 0 aliphatic heterocycles. The van der Waals surface area contributed by atoms with Crippen LogP contribution < -0.4 is 14.8 Å². The summed E-state index contributed by atoms with van der Waals surface area (Å²) >= 11 is 5.89. The molecular weight excluding hydrogens is 346 g/mol. The molecule has 2 rings (SSSR count). The van der Waals surface area contributed by atoms with Crippen molar-refractivity contribution < 1.29 is 9.47 Å².